The second-order valence-electron chi connectivity index (χ2n) is 3.13. The van der Waals surface area contributed by atoms with Gasteiger partial charge in [-0.25, -0.2) is 0 Å². The Morgan fingerprint density at radius 2 is 1.80 bits per heavy atom. The molecular formula is C9H13NO4S. The minimum atomic E-state index is -3.70. The molecule has 0 saturated heterocycles. The van der Waals surface area contributed by atoms with Crippen LogP contribution in [0, 0.1) is 0 Å². The van der Waals surface area contributed by atoms with Gasteiger partial charge in [0.25, 0.3) is 0 Å². The van der Waals surface area contributed by atoms with Crippen LogP contribution in [0.3, 0.4) is 0 Å². The highest BCUT2D eigenvalue weighted by Gasteiger charge is 2.15. The number of benzene rings is 1. The van der Waals surface area contributed by atoms with E-state index in [9.17, 15) is 8.42 Å². The first-order chi connectivity index (χ1) is 6.95. The SMILES string of the molecule is CN(C)S(=O)(=O)Oc1ccc(CO)cc1. The van der Waals surface area contributed by atoms with Gasteiger partial charge >= 0.3 is 10.3 Å². The van der Waals surface area contributed by atoms with Gasteiger partial charge in [-0.3, -0.25) is 0 Å². The van der Waals surface area contributed by atoms with Crippen LogP contribution in [0.2, 0.25) is 0 Å². The molecule has 0 saturated carbocycles. The molecule has 0 aliphatic heterocycles. The molecule has 84 valence electrons. The van der Waals surface area contributed by atoms with Gasteiger partial charge in [0.15, 0.2) is 0 Å². The molecule has 15 heavy (non-hydrogen) atoms. The van der Waals surface area contributed by atoms with Crippen LogP contribution < -0.4 is 4.18 Å². The number of hydrogen-bond acceptors (Lipinski definition) is 4. The second-order valence-corrected chi connectivity index (χ2v) is 4.88. The van der Waals surface area contributed by atoms with Crippen LogP contribution in [-0.4, -0.2) is 31.9 Å². The predicted molar refractivity (Wildman–Crippen MR) is 55.6 cm³/mol. The van der Waals surface area contributed by atoms with Gasteiger partial charge in [0, 0.05) is 14.1 Å². The van der Waals surface area contributed by atoms with Gasteiger partial charge in [0.05, 0.1) is 6.61 Å². The van der Waals surface area contributed by atoms with Crippen LogP contribution in [0.15, 0.2) is 24.3 Å². The highest BCUT2D eigenvalue weighted by atomic mass is 32.2. The fourth-order valence-electron chi connectivity index (χ4n) is 0.847. The third-order valence-corrected chi connectivity index (χ3v) is 3.05. The summed E-state index contributed by atoms with van der Waals surface area (Å²) in [6.07, 6.45) is 0. The summed E-state index contributed by atoms with van der Waals surface area (Å²) in [5.41, 5.74) is 0.699. The average Bonchev–Trinajstić information content (AvgIpc) is 2.18. The maximum absolute atomic E-state index is 11.3. The molecule has 0 heterocycles. The molecular weight excluding hydrogens is 218 g/mol. The van der Waals surface area contributed by atoms with Gasteiger partial charge in [-0.2, -0.15) is 12.7 Å². The van der Waals surface area contributed by atoms with E-state index in [1.165, 1.54) is 26.2 Å². The highest BCUT2D eigenvalue weighted by molar-refractivity contribution is 7.84. The molecule has 1 N–H and O–H groups in total. The smallest absolute Gasteiger partial charge is 0.384 e. The van der Waals surface area contributed by atoms with E-state index in [-0.39, 0.29) is 12.4 Å². The fourth-order valence-corrected chi connectivity index (χ4v) is 1.35. The lowest BCUT2D eigenvalue weighted by Gasteiger charge is -2.11. The van der Waals surface area contributed by atoms with Gasteiger partial charge in [-0.1, -0.05) is 12.1 Å². The van der Waals surface area contributed by atoms with Crippen molar-refractivity contribution < 1.29 is 17.7 Å². The molecule has 6 heteroatoms. The molecule has 1 aromatic carbocycles. The summed E-state index contributed by atoms with van der Waals surface area (Å²) in [4.78, 5) is 0. The van der Waals surface area contributed by atoms with E-state index in [2.05, 4.69) is 0 Å². The largest absolute Gasteiger partial charge is 0.392 e. The monoisotopic (exact) mass is 231 g/mol. The Morgan fingerprint density at radius 1 is 1.27 bits per heavy atom. The van der Waals surface area contributed by atoms with Crippen molar-refractivity contribution in [1.29, 1.82) is 0 Å². The first kappa shape index (κ1) is 12.0. The summed E-state index contributed by atoms with van der Waals surface area (Å²) in [7, 11) is -0.927. The lowest BCUT2D eigenvalue weighted by molar-refractivity contribution is 0.282. The Labute approximate surface area is 89.2 Å². The van der Waals surface area contributed by atoms with E-state index < -0.39 is 10.3 Å². The summed E-state index contributed by atoms with van der Waals surface area (Å²) >= 11 is 0. The lowest BCUT2D eigenvalue weighted by Crippen LogP contribution is -2.26. The third kappa shape index (κ3) is 3.19. The number of rotatable bonds is 4. The summed E-state index contributed by atoms with van der Waals surface area (Å²) in [6, 6.07) is 6.18. The summed E-state index contributed by atoms with van der Waals surface area (Å²) in [5, 5.41) is 8.78. The normalized spacial score (nSPS) is 11.7. The van der Waals surface area contributed by atoms with E-state index in [1.54, 1.807) is 12.1 Å². The Bertz CT molecular complexity index is 410. The average molecular weight is 231 g/mol. The van der Waals surface area contributed by atoms with E-state index in [1.807, 2.05) is 0 Å². The molecule has 0 aliphatic carbocycles. The minimum Gasteiger partial charge on any atom is -0.392 e. The van der Waals surface area contributed by atoms with Crippen molar-refractivity contribution in [2.24, 2.45) is 0 Å². The lowest BCUT2D eigenvalue weighted by atomic mass is 10.2. The molecule has 0 amide bonds. The topological polar surface area (TPSA) is 66.8 Å². The molecule has 5 nitrogen and oxygen atoms in total. The molecule has 0 aromatic heterocycles. The first-order valence-corrected chi connectivity index (χ1v) is 5.64. The maximum Gasteiger partial charge on any atom is 0.384 e. The van der Waals surface area contributed by atoms with E-state index >= 15 is 0 Å². The summed E-state index contributed by atoms with van der Waals surface area (Å²) in [5.74, 6) is 0.223. The second kappa shape index (κ2) is 4.61. The zero-order valence-corrected chi connectivity index (χ0v) is 9.36. The van der Waals surface area contributed by atoms with Gasteiger partial charge in [0.2, 0.25) is 0 Å². The van der Waals surface area contributed by atoms with Crippen LogP contribution in [0.25, 0.3) is 0 Å². The Morgan fingerprint density at radius 3 is 2.20 bits per heavy atom. The number of nitrogens with zero attached hydrogens (tertiary/aromatic N) is 1. The van der Waals surface area contributed by atoms with Crippen LogP contribution in [0.5, 0.6) is 5.75 Å². The predicted octanol–water partition coefficient (Wildman–Crippen LogP) is 0.364. The molecule has 0 unspecified atom stereocenters. The van der Waals surface area contributed by atoms with Gasteiger partial charge in [-0.15, -0.1) is 0 Å². The highest BCUT2D eigenvalue weighted by Crippen LogP contribution is 2.15. The third-order valence-electron chi connectivity index (χ3n) is 1.75. The zero-order valence-electron chi connectivity index (χ0n) is 8.54. The van der Waals surface area contributed by atoms with Crippen LogP contribution in [0.1, 0.15) is 5.56 Å². The Kier molecular flexibility index (Phi) is 3.67. The van der Waals surface area contributed by atoms with Crippen molar-refractivity contribution >= 4 is 10.3 Å². The molecule has 0 radical (unpaired) electrons. The minimum absolute atomic E-state index is 0.0826. The fraction of sp³-hybridized carbons (Fsp3) is 0.333. The van der Waals surface area contributed by atoms with E-state index in [4.69, 9.17) is 9.29 Å². The quantitative estimate of drug-likeness (QED) is 0.812. The molecule has 0 fully saturated rings. The molecule has 0 spiro atoms. The maximum atomic E-state index is 11.3. The van der Waals surface area contributed by atoms with Crippen molar-refractivity contribution in [1.82, 2.24) is 4.31 Å². The van der Waals surface area contributed by atoms with Gasteiger partial charge < -0.3 is 9.29 Å². The number of hydrogen-bond donors (Lipinski definition) is 1. The molecule has 0 bridgehead atoms. The number of aliphatic hydroxyl groups is 1. The first-order valence-electron chi connectivity index (χ1n) is 4.27. The van der Waals surface area contributed by atoms with Crippen molar-refractivity contribution in [2.75, 3.05) is 14.1 Å². The summed E-state index contributed by atoms with van der Waals surface area (Å²) in [6.45, 7) is -0.0826. The molecule has 1 rings (SSSR count). The van der Waals surface area contributed by atoms with Crippen molar-refractivity contribution in [3.63, 3.8) is 0 Å². The van der Waals surface area contributed by atoms with Crippen LogP contribution in [-0.2, 0) is 16.9 Å². The molecule has 0 atom stereocenters. The van der Waals surface area contributed by atoms with Gasteiger partial charge in [-0.05, 0) is 17.7 Å². The van der Waals surface area contributed by atoms with Crippen LogP contribution >= 0.6 is 0 Å². The van der Waals surface area contributed by atoms with E-state index in [0.29, 0.717) is 5.56 Å². The number of aliphatic hydroxyl groups excluding tert-OH is 1. The Balaban J connectivity index is 2.82. The zero-order chi connectivity index (χ0) is 11.5. The van der Waals surface area contributed by atoms with Crippen LogP contribution in [0.4, 0.5) is 0 Å². The van der Waals surface area contributed by atoms with Crippen molar-refractivity contribution in [3.05, 3.63) is 29.8 Å². The molecule has 1 aromatic rings. The standard InChI is InChI=1S/C9H13NO4S/c1-10(2)15(12,13)14-9-5-3-8(7-11)4-6-9/h3-6,11H,7H2,1-2H3. The summed E-state index contributed by atoms with van der Waals surface area (Å²) < 4.78 is 28.4. The van der Waals surface area contributed by atoms with Crippen molar-refractivity contribution in [2.45, 2.75) is 6.61 Å². The molecule has 0 aliphatic rings. The van der Waals surface area contributed by atoms with Crippen molar-refractivity contribution in [3.8, 4) is 5.75 Å². The Hall–Kier alpha value is -1.11. The van der Waals surface area contributed by atoms with E-state index in [0.717, 1.165) is 4.31 Å². The van der Waals surface area contributed by atoms with Gasteiger partial charge in [0.1, 0.15) is 5.75 Å².